The average molecular weight is 420 g/mol. The molecule has 7 nitrogen and oxygen atoms in total. The van der Waals surface area contributed by atoms with Crippen LogP contribution in [0.3, 0.4) is 0 Å². The van der Waals surface area contributed by atoms with E-state index in [0.29, 0.717) is 11.4 Å². The molecule has 2 aromatic carbocycles. The SMILES string of the molecule is CCN(c1ccccc1)S(=O)(=O)c1ccc(Cl)c(NC(=O)c2cc(C)on2)c1. The van der Waals surface area contributed by atoms with E-state index < -0.39 is 15.9 Å². The Morgan fingerprint density at radius 2 is 1.89 bits per heavy atom. The van der Waals surface area contributed by atoms with Crippen LogP contribution in [0.5, 0.6) is 0 Å². The Morgan fingerprint density at radius 3 is 2.50 bits per heavy atom. The topological polar surface area (TPSA) is 92.5 Å². The van der Waals surface area contributed by atoms with Crippen LogP contribution in [-0.4, -0.2) is 26.0 Å². The Morgan fingerprint density at radius 1 is 1.18 bits per heavy atom. The van der Waals surface area contributed by atoms with Gasteiger partial charge >= 0.3 is 0 Å². The van der Waals surface area contributed by atoms with E-state index in [1.165, 1.54) is 28.6 Å². The van der Waals surface area contributed by atoms with E-state index in [0.717, 1.165) is 0 Å². The molecule has 0 bridgehead atoms. The zero-order valence-electron chi connectivity index (χ0n) is 15.2. The summed E-state index contributed by atoms with van der Waals surface area (Å²) < 4.78 is 32.4. The lowest BCUT2D eigenvalue weighted by molar-refractivity contribution is 0.101. The molecule has 0 aliphatic rings. The number of anilines is 2. The van der Waals surface area contributed by atoms with Crippen LogP contribution < -0.4 is 9.62 Å². The molecule has 1 amide bonds. The number of aryl methyl sites for hydroxylation is 1. The van der Waals surface area contributed by atoms with Crippen molar-refractivity contribution < 1.29 is 17.7 Å². The second-order valence-electron chi connectivity index (χ2n) is 5.92. The van der Waals surface area contributed by atoms with Crippen molar-refractivity contribution in [3.05, 3.63) is 71.1 Å². The second-order valence-corrected chi connectivity index (χ2v) is 8.19. The number of nitrogens with zero attached hydrogens (tertiary/aromatic N) is 2. The summed E-state index contributed by atoms with van der Waals surface area (Å²) >= 11 is 6.15. The van der Waals surface area contributed by atoms with Crippen LogP contribution >= 0.6 is 11.6 Å². The van der Waals surface area contributed by atoms with Crippen molar-refractivity contribution in [1.82, 2.24) is 5.16 Å². The molecule has 3 rings (SSSR count). The Kier molecular flexibility index (Phi) is 5.71. The average Bonchev–Trinajstić information content (AvgIpc) is 3.11. The highest BCUT2D eigenvalue weighted by molar-refractivity contribution is 7.92. The van der Waals surface area contributed by atoms with Gasteiger partial charge in [0.1, 0.15) is 5.76 Å². The minimum atomic E-state index is -3.85. The summed E-state index contributed by atoms with van der Waals surface area (Å²) in [5.41, 5.74) is 0.780. The molecule has 0 radical (unpaired) electrons. The number of hydrogen-bond donors (Lipinski definition) is 1. The lowest BCUT2D eigenvalue weighted by Crippen LogP contribution is -2.30. The number of amides is 1. The molecule has 0 atom stereocenters. The summed E-state index contributed by atoms with van der Waals surface area (Å²) in [5, 5.41) is 6.41. The van der Waals surface area contributed by atoms with Crippen molar-refractivity contribution in [3.63, 3.8) is 0 Å². The van der Waals surface area contributed by atoms with E-state index in [4.69, 9.17) is 16.1 Å². The maximum atomic E-state index is 13.1. The smallest absolute Gasteiger partial charge is 0.277 e. The van der Waals surface area contributed by atoms with Gasteiger partial charge in [-0.2, -0.15) is 0 Å². The van der Waals surface area contributed by atoms with Gasteiger partial charge in [0, 0.05) is 12.6 Å². The quantitative estimate of drug-likeness (QED) is 0.649. The fourth-order valence-electron chi connectivity index (χ4n) is 2.63. The van der Waals surface area contributed by atoms with Crippen molar-refractivity contribution in [2.75, 3.05) is 16.2 Å². The number of halogens is 1. The van der Waals surface area contributed by atoms with E-state index >= 15 is 0 Å². The Bertz CT molecular complexity index is 1100. The number of aromatic nitrogens is 1. The Balaban J connectivity index is 1.94. The van der Waals surface area contributed by atoms with Gasteiger partial charge in [0.05, 0.1) is 21.3 Å². The number of carbonyl (C=O) groups excluding carboxylic acids is 1. The molecule has 3 aromatic rings. The zero-order valence-corrected chi connectivity index (χ0v) is 16.8. The summed E-state index contributed by atoms with van der Waals surface area (Å²) in [4.78, 5) is 12.3. The maximum Gasteiger partial charge on any atom is 0.277 e. The molecular weight excluding hydrogens is 402 g/mol. The predicted octanol–water partition coefficient (Wildman–Crippen LogP) is 4.10. The fourth-order valence-corrected chi connectivity index (χ4v) is 4.30. The van der Waals surface area contributed by atoms with Crippen molar-refractivity contribution in [2.45, 2.75) is 18.7 Å². The minimum Gasteiger partial charge on any atom is -0.361 e. The molecule has 28 heavy (non-hydrogen) atoms. The lowest BCUT2D eigenvalue weighted by atomic mass is 10.3. The summed E-state index contributed by atoms with van der Waals surface area (Å²) in [7, 11) is -3.85. The van der Waals surface area contributed by atoms with Crippen LogP contribution in [0.15, 0.2) is 64.0 Å². The molecule has 0 aliphatic heterocycles. The van der Waals surface area contributed by atoms with Gasteiger partial charge in [0.15, 0.2) is 5.69 Å². The van der Waals surface area contributed by atoms with Gasteiger partial charge in [-0.05, 0) is 44.2 Å². The molecule has 0 spiro atoms. The highest BCUT2D eigenvalue weighted by Crippen LogP contribution is 2.29. The normalized spacial score (nSPS) is 11.2. The molecule has 1 N–H and O–H groups in total. The highest BCUT2D eigenvalue weighted by atomic mass is 35.5. The standard InChI is InChI=1S/C19H18ClN3O4S/c1-3-23(14-7-5-4-6-8-14)28(25,26)15-9-10-16(20)17(12-15)21-19(24)18-11-13(2)27-22-18/h4-12H,3H2,1-2H3,(H,21,24). The number of rotatable bonds is 6. The number of nitrogens with one attached hydrogen (secondary N) is 1. The zero-order chi connectivity index (χ0) is 20.3. The maximum absolute atomic E-state index is 13.1. The third-order valence-electron chi connectivity index (χ3n) is 3.97. The monoisotopic (exact) mass is 419 g/mol. The van der Waals surface area contributed by atoms with E-state index in [9.17, 15) is 13.2 Å². The van der Waals surface area contributed by atoms with Gasteiger partial charge in [-0.1, -0.05) is 35.0 Å². The molecular formula is C19H18ClN3O4S. The first-order valence-electron chi connectivity index (χ1n) is 8.45. The van der Waals surface area contributed by atoms with Crippen LogP contribution in [0, 0.1) is 6.92 Å². The van der Waals surface area contributed by atoms with E-state index in [-0.39, 0.29) is 27.8 Å². The number of hydrogen-bond acceptors (Lipinski definition) is 5. The second kappa shape index (κ2) is 8.04. The molecule has 0 unspecified atom stereocenters. The van der Waals surface area contributed by atoms with Gasteiger partial charge in [0.2, 0.25) is 0 Å². The van der Waals surface area contributed by atoms with Crippen LogP contribution in [0.25, 0.3) is 0 Å². The summed E-state index contributed by atoms with van der Waals surface area (Å²) in [5.74, 6) is -0.0715. The van der Waals surface area contributed by atoms with E-state index in [1.807, 2.05) is 6.07 Å². The number of carbonyl (C=O) groups is 1. The Labute approximate surface area is 168 Å². The molecule has 146 valence electrons. The lowest BCUT2D eigenvalue weighted by Gasteiger charge is -2.23. The van der Waals surface area contributed by atoms with Crippen molar-refractivity contribution in [3.8, 4) is 0 Å². The third-order valence-corrected chi connectivity index (χ3v) is 6.19. The molecule has 1 aromatic heterocycles. The van der Waals surface area contributed by atoms with E-state index in [2.05, 4.69) is 10.5 Å². The van der Waals surface area contributed by atoms with Crippen LogP contribution in [-0.2, 0) is 10.0 Å². The van der Waals surface area contributed by atoms with Gasteiger partial charge in [-0.25, -0.2) is 8.42 Å². The predicted molar refractivity (Wildman–Crippen MR) is 107 cm³/mol. The molecule has 0 saturated carbocycles. The highest BCUT2D eigenvalue weighted by Gasteiger charge is 2.25. The first-order chi connectivity index (χ1) is 13.3. The minimum absolute atomic E-state index is 0.00855. The summed E-state index contributed by atoms with van der Waals surface area (Å²) in [6.45, 7) is 3.65. The number of benzene rings is 2. The van der Waals surface area contributed by atoms with Gasteiger partial charge < -0.3 is 9.84 Å². The molecule has 1 heterocycles. The number of sulfonamides is 1. The van der Waals surface area contributed by atoms with Crippen LogP contribution in [0.4, 0.5) is 11.4 Å². The number of para-hydroxylation sites is 1. The molecule has 0 aliphatic carbocycles. The van der Waals surface area contributed by atoms with Gasteiger partial charge in [-0.15, -0.1) is 0 Å². The first-order valence-corrected chi connectivity index (χ1v) is 10.3. The van der Waals surface area contributed by atoms with Crippen molar-refractivity contribution in [1.29, 1.82) is 0 Å². The molecule has 0 fully saturated rings. The van der Waals surface area contributed by atoms with Gasteiger partial charge in [-0.3, -0.25) is 9.10 Å². The summed E-state index contributed by atoms with van der Waals surface area (Å²) in [6, 6.07) is 14.4. The van der Waals surface area contributed by atoms with Crippen LogP contribution in [0.2, 0.25) is 5.02 Å². The largest absolute Gasteiger partial charge is 0.361 e. The van der Waals surface area contributed by atoms with Crippen molar-refractivity contribution in [2.24, 2.45) is 0 Å². The fraction of sp³-hybridized carbons (Fsp3) is 0.158. The van der Waals surface area contributed by atoms with Crippen LogP contribution in [0.1, 0.15) is 23.2 Å². The molecule has 9 heteroatoms. The molecule has 0 saturated heterocycles. The third kappa shape index (κ3) is 4.02. The van der Waals surface area contributed by atoms with Crippen molar-refractivity contribution >= 4 is 38.9 Å². The van der Waals surface area contributed by atoms with E-state index in [1.54, 1.807) is 38.1 Å². The Hall–Kier alpha value is -2.84. The van der Waals surface area contributed by atoms with Gasteiger partial charge in [0.25, 0.3) is 15.9 Å². The summed E-state index contributed by atoms with van der Waals surface area (Å²) in [6.07, 6.45) is 0. The first kappa shape index (κ1) is 19.9.